The molecule has 5 rings (SSSR count). The maximum Gasteiger partial charge on any atom is 0.137 e. The van der Waals surface area contributed by atoms with E-state index in [9.17, 15) is 13.9 Å². The summed E-state index contributed by atoms with van der Waals surface area (Å²) in [6.07, 6.45) is 7.62. The van der Waals surface area contributed by atoms with E-state index in [1.54, 1.807) is 0 Å². The summed E-state index contributed by atoms with van der Waals surface area (Å²) in [7, 11) is 0. The van der Waals surface area contributed by atoms with E-state index in [1.807, 2.05) is 0 Å². The van der Waals surface area contributed by atoms with Gasteiger partial charge in [0.1, 0.15) is 29.9 Å². The first-order chi connectivity index (χ1) is 17.5. The van der Waals surface area contributed by atoms with Gasteiger partial charge in [0, 0.05) is 68.8 Å². The molecule has 1 aromatic heterocycles. The zero-order valence-electron chi connectivity index (χ0n) is 20.6. The zero-order valence-corrected chi connectivity index (χ0v) is 20.6. The van der Waals surface area contributed by atoms with Gasteiger partial charge in [0.25, 0.3) is 0 Å². The summed E-state index contributed by atoms with van der Waals surface area (Å²) in [6.45, 7) is 5.68. The second-order valence-electron chi connectivity index (χ2n) is 9.93. The van der Waals surface area contributed by atoms with Crippen LogP contribution in [0.25, 0.3) is 0 Å². The Kier molecular flexibility index (Phi) is 7.48. The Morgan fingerprint density at radius 2 is 1.47 bits per heavy atom. The Morgan fingerprint density at radius 3 is 2.14 bits per heavy atom. The number of nitrogens with zero attached hydrogens (tertiary/aromatic N) is 6. The lowest BCUT2D eigenvalue weighted by Crippen LogP contribution is -2.45. The zero-order chi connectivity index (χ0) is 25.0. The Labute approximate surface area is 211 Å². The van der Waals surface area contributed by atoms with Crippen LogP contribution < -0.4 is 9.80 Å². The van der Waals surface area contributed by atoms with Crippen molar-refractivity contribution < 1.29 is 13.9 Å². The van der Waals surface area contributed by atoms with Crippen LogP contribution >= 0.6 is 0 Å². The fourth-order valence-corrected chi connectivity index (χ4v) is 5.45. The number of rotatable bonds is 7. The van der Waals surface area contributed by atoms with Crippen molar-refractivity contribution in [3.8, 4) is 0 Å². The lowest BCUT2D eigenvalue weighted by Gasteiger charge is -2.34. The molecule has 2 aliphatic heterocycles. The van der Waals surface area contributed by atoms with E-state index >= 15 is 0 Å². The number of aromatic nitrogens is 3. The molecule has 192 valence electrons. The van der Waals surface area contributed by atoms with Gasteiger partial charge in [-0.15, -0.1) is 0 Å². The Balaban J connectivity index is 1.27. The minimum absolute atomic E-state index is 0.0216. The SMILES string of the molecule is OC(CN1CCCN(c2ccc(N3CCCCC3)cc2)CC1)(Cn1cncn1)c1ccc(F)cc1F. The molecule has 2 aliphatic rings. The monoisotopic (exact) mass is 496 g/mol. The molecule has 9 heteroatoms. The van der Waals surface area contributed by atoms with Crippen LogP contribution in [0.1, 0.15) is 31.2 Å². The molecule has 1 unspecified atom stereocenters. The third-order valence-electron chi connectivity index (χ3n) is 7.33. The predicted octanol–water partition coefficient (Wildman–Crippen LogP) is 3.65. The summed E-state index contributed by atoms with van der Waals surface area (Å²) >= 11 is 0. The molecule has 7 nitrogen and oxygen atoms in total. The van der Waals surface area contributed by atoms with Crippen LogP contribution in [-0.2, 0) is 12.1 Å². The first kappa shape index (κ1) is 24.6. The molecule has 0 bridgehead atoms. The molecule has 0 radical (unpaired) electrons. The highest BCUT2D eigenvalue weighted by Crippen LogP contribution is 2.29. The van der Waals surface area contributed by atoms with E-state index in [0.29, 0.717) is 0 Å². The minimum Gasteiger partial charge on any atom is -0.382 e. The number of aliphatic hydroxyl groups is 1. The fourth-order valence-electron chi connectivity index (χ4n) is 5.45. The van der Waals surface area contributed by atoms with Crippen LogP contribution in [0, 0.1) is 11.6 Å². The van der Waals surface area contributed by atoms with Gasteiger partial charge in [0.15, 0.2) is 0 Å². The van der Waals surface area contributed by atoms with Gasteiger partial charge < -0.3 is 14.9 Å². The van der Waals surface area contributed by atoms with E-state index in [0.717, 1.165) is 51.8 Å². The van der Waals surface area contributed by atoms with Gasteiger partial charge in [-0.05, 0) is 56.0 Å². The summed E-state index contributed by atoms with van der Waals surface area (Å²) in [4.78, 5) is 10.9. The second kappa shape index (κ2) is 10.9. The number of hydrogen-bond donors (Lipinski definition) is 1. The number of hydrogen-bond acceptors (Lipinski definition) is 6. The Bertz CT molecular complexity index is 1120. The number of halogens is 2. The van der Waals surface area contributed by atoms with Crippen molar-refractivity contribution in [3.63, 3.8) is 0 Å². The van der Waals surface area contributed by atoms with Gasteiger partial charge in [-0.25, -0.2) is 18.4 Å². The van der Waals surface area contributed by atoms with Crippen molar-refractivity contribution >= 4 is 11.4 Å². The normalized spacial score (nSPS) is 19.2. The van der Waals surface area contributed by atoms with Crippen molar-refractivity contribution in [2.24, 2.45) is 0 Å². The molecule has 2 saturated heterocycles. The molecular formula is C27H34F2N6O. The van der Waals surface area contributed by atoms with E-state index < -0.39 is 17.2 Å². The molecule has 3 heterocycles. The molecule has 0 spiro atoms. The highest BCUT2D eigenvalue weighted by molar-refractivity contribution is 5.56. The quantitative estimate of drug-likeness (QED) is 0.539. The largest absolute Gasteiger partial charge is 0.382 e. The van der Waals surface area contributed by atoms with Crippen LogP contribution in [0.3, 0.4) is 0 Å². The van der Waals surface area contributed by atoms with E-state index in [1.165, 1.54) is 60.1 Å². The van der Waals surface area contributed by atoms with Crippen molar-refractivity contribution in [2.75, 3.05) is 55.6 Å². The van der Waals surface area contributed by atoms with Crippen molar-refractivity contribution in [1.82, 2.24) is 19.7 Å². The van der Waals surface area contributed by atoms with Crippen molar-refractivity contribution in [1.29, 1.82) is 0 Å². The number of piperidine rings is 1. The van der Waals surface area contributed by atoms with E-state index in [2.05, 4.69) is 49.0 Å². The summed E-state index contributed by atoms with van der Waals surface area (Å²) in [6, 6.07) is 12.2. The number of anilines is 2. The van der Waals surface area contributed by atoms with Crippen LogP contribution in [0.5, 0.6) is 0 Å². The smallest absolute Gasteiger partial charge is 0.137 e. The second-order valence-corrected chi connectivity index (χ2v) is 9.93. The molecule has 0 saturated carbocycles. The number of β-amino-alcohol motifs (C(OH)–C–C–N with tert-alkyl or cyclic N) is 1. The Hall–Kier alpha value is -3.04. The summed E-state index contributed by atoms with van der Waals surface area (Å²) < 4.78 is 29.9. The molecular weight excluding hydrogens is 462 g/mol. The maximum absolute atomic E-state index is 14.8. The van der Waals surface area contributed by atoms with Crippen molar-refractivity contribution in [3.05, 3.63) is 72.3 Å². The lowest BCUT2D eigenvalue weighted by molar-refractivity contribution is -0.0201. The summed E-state index contributed by atoms with van der Waals surface area (Å²) in [5, 5.41) is 15.8. The standard InChI is InChI=1S/C27H34F2N6O/c28-22-5-10-25(26(29)17-22)27(36,19-35-21-30-20-31-35)18-32-11-4-14-34(16-15-32)24-8-6-23(7-9-24)33-12-2-1-3-13-33/h5-10,17,20-21,36H,1-4,11-16,18-19H2. The molecule has 2 fully saturated rings. The molecule has 1 N–H and O–H groups in total. The van der Waals surface area contributed by atoms with Crippen LogP contribution in [0.4, 0.5) is 20.2 Å². The first-order valence-electron chi connectivity index (χ1n) is 12.8. The maximum atomic E-state index is 14.8. The lowest BCUT2D eigenvalue weighted by atomic mass is 9.92. The first-order valence-corrected chi connectivity index (χ1v) is 12.8. The molecule has 36 heavy (non-hydrogen) atoms. The van der Waals surface area contributed by atoms with Crippen LogP contribution in [0.2, 0.25) is 0 Å². The predicted molar refractivity (Wildman–Crippen MR) is 136 cm³/mol. The fraction of sp³-hybridized carbons (Fsp3) is 0.481. The summed E-state index contributed by atoms with van der Waals surface area (Å²) in [5.74, 6) is -1.43. The minimum atomic E-state index is -1.59. The molecule has 0 aliphatic carbocycles. The van der Waals surface area contributed by atoms with Gasteiger partial charge in [-0.1, -0.05) is 6.07 Å². The van der Waals surface area contributed by atoms with Crippen LogP contribution in [0.15, 0.2) is 55.1 Å². The summed E-state index contributed by atoms with van der Waals surface area (Å²) in [5.41, 5.74) is 0.958. The van der Waals surface area contributed by atoms with Gasteiger partial charge in [0.2, 0.25) is 0 Å². The molecule has 0 amide bonds. The van der Waals surface area contributed by atoms with Gasteiger partial charge in [-0.2, -0.15) is 5.10 Å². The van der Waals surface area contributed by atoms with E-state index in [4.69, 9.17) is 0 Å². The van der Waals surface area contributed by atoms with Crippen LogP contribution in [-0.4, -0.2) is 70.6 Å². The van der Waals surface area contributed by atoms with E-state index in [-0.39, 0.29) is 18.7 Å². The van der Waals surface area contributed by atoms with Gasteiger partial charge in [-0.3, -0.25) is 4.90 Å². The van der Waals surface area contributed by atoms with Crippen molar-refractivity contribution in [2.45, 2.75) is 37.8 Å². The molecule has 3 aromatic rings. The topological polar surface area (TPSA) is 60.7 Å². The average Bonchev–Trinajstić information content (AvgIpc) is 3.28. The molecule has 2 aromatic carbocycles. The average molecular weight is 497 g/mol. The molecule has 1 atom stereocenters. The third kappa shape index (κ3) is 5.68. The number of benzene rings is 2. The third-order valence-corrected chi connectivity index (χ3v) is 7.33. The highest BCUT2D eigenvalue weighted by Gasteiger charge is 2.36. The van der Waals surface area contributed by atoms with Gasteiger partial charge >= 0.3 is 0 Å². The Morgan fingerprint density at radius 1 is 0.778 bits per heavy atom. The highest BCUT2D eigenvalue weighted by atomic mass is 19.1. The van der Waals surface area contributed by atoms with Gasteiger partial charge in [0.05, 0.1) is 6.54 Å².